The van der Waals surface area contributed by atoms with Crippen LogP contribution >= 0.6 is 11.6 Å². The van der Waals surface area contributed by atoms with Crippen LogP contribution in [0.25, 0.3) is 10.9 Å². The van der Waals surface area contributed by atoms with E-state index < -0.39 is 0 Å². The topological polar surface area (TPSA) is 24.9 Å². The molecule has 2 nitrogen and oxygen atoms in total. The highest BCUT2D eigenvalue weighted by atomic mass is 35.5. The van der Waals surface area contributed by atoms with Gasteiger partial charge in [0.15, 0.2) is 0 Å². The Morgan fingerprint density at radius 1 is 1.25 bits per heavy atom. The number of halogens is 1. The number of hydrogen-bond donors (Lipinski definition) is 1. The number of aromatic nitrogens is 1. The predicted octanol–water partition coefficient (Wildman–Crippen LogP) is 4.61. The maximum atomic E-state index is 6.07. The zero-order valence-corrected chi connectivity index (χ0v) is 12.7. The lowest BCUT2D eigenvalue weighted by atomic mass is 9.98. The molecule has 106 valence electrons. The second kappa shape index (κ2) is 6.01. The molecule has 0 radical (unpaired) electrons. The van der Waals surface area contributed by atoms with E-state index in [9.17, 15) is 0 Å². The van der Waals surface area contributed by atoms with E-state index in [0.717, 1.165) is 23.6 Å². The van der Waals surface area contributed by atoms with Gasteiger partial charge in [-0.2, -0.15) is 0 Å². The number of para-hydroxylation sites is 1. The van der Waals surface area contributed by atoms with Crippen molar-refractivity contribution < 1.29 is 0 Å². The molecule has 0 spiro atoms. The van der Waals surface area contributed by atoms with E-state index in [4.69, 9.17) is 11.6 Å². The van der Waals surface area contributed by atoms with E-state index in [2.05, 4.69) is 41.5 Å². The summed E-state index contributed by atoms with van der Waals surface area (Å²) in [5, 5.41) is 4.84. The highest BCUT2D eigenvalue weighted by molar-refractivity contribution is 6.18. The van der Waals surface area contributed by atoms with Crippen molar-refractivity contribution in [3.05, 3.63) is 36.0 Å². The molecule has 2 aromatic rings. The van der Waals surface area contributed by atoms with Crippen molar-refractivity contribution in [2.45, 2.75) is 26.2 Å². The molecule has 3 rings (SSSR count). The molecule has 2 unspecified atom stereocenters. The van der Waals surface area contributed by atoms with Crippen LogP contribution < -0.4 is 5.32 Å². The molecule has 1 aliphatic rings. The number of alkyl halides is 1. The minimum atomic E-state index is 0.679. The third-order valence-electron chi connectivity index (χ3n) is 4.41. The Kier molecular flexibility index (Phi) is 4.11. The fourth-order valence-corrected chi connectivity index (χ4v) is 3.69. The first-order chi connectivity index (χ1) is 9.78. The number of anilines is 1. The van der Waals surface area contributed by atoms with Crippen LogP contribution in [0.5, 0.6) is 0 Å². The van der Waals surface area contributed by atoms with E-state index in [1.807, 2.05) is 6.07 Å². The number of aryl methyl sites for hydroxylation is 1. The molecule has 1 aromatic heterocycles. The highest BCUT2D eigenvalue weighted by Gasteiger charge is 2.26. The van der Waals surface area contributed by atoms with Gasteiger partial charge >= 0.3 is 0 Å². The van der Waals surface area contributed by atoms with Gasteiger partial charge in [-0.05, 0) is 43.7 Å². The molecule has 0 aliphatic heterocycles. The molecule has 0 amide bonds. The van der Waals surface area contributed by atoms with Crippen molar-refractivity contribution in [3.63, 3.8) is 0 Å². The molecule has 1 aromatic carbocycles. The summed E-state index contributed by atoms with van der Waals surface area (Å²) in [6, 6.07) is 10.5. The fourth-order valence-electron chi connectivity index (χ4n) is 3.28. The van der Waals surface area contributed by atoms with Gasteiger partial charge in [0, 0.05) is 29.2 Å². The lowest BCUT2D eigenvalue weighted by molar-refractivity contribution is 0.444. The average molecular weight is 289 g/mol. The van der Waals surface area contributed by atoms with E-state index >= 15 is 0 Å². The number of nitrogens with one attached hydrogen (secondary N) is 1. The molecular formula is C17H21ClN2. The van der Waals surface area contributed by atoms with Gasteiger partial charge in [-0.1, -0.05) is 24.6 Å². The van der Waals surface area contributed by atoms with E-state index in [-0.39, 0.29) is 0 Å². The lowest BCUT2D eigenvalue weighted by Crippen LogP contribution is -2.19. The van der Waals surface area contributed by atoms with Crippen LogP contribution in [0.4, 0.5) is 5.69 Å². The summed E-state index contributed by atoms with van der Waals surface area (Å²) in [4.78, 5) is 4.59. The van der Waals surface area contributed by atoms with Crippen LogP contribution in [-0.4, -0.2) is 17.4 Å². The Balaban J connectivity index is 1.80. The Morgan fingerprint density at radius 3 is 2.90 bits per heavy atom. The molecule has 2 atom stereocenters. The summed E-state index contributed by atoms with van der Waals surface area (Å²) in [5.41, 5.74) is 3.33. The monoisotopic (exact) mass is 288 g/mol. The van der Waals surface area contributed by atoms with Crippen LogP contribution in [0.1, 0.15) is 25.0 Å². The second-order valence-electron chi connectivity index (χ2n) is 5.81. The first-order valence-corrected chi connectivity index (χ1v) is 7.97. The first kappa shape index (κ1) is 13.7. The summed E-state index contributed by atoms with van der Waals surface area (Å²) < 4.78 is 0. The molecule has 3 heteroatoms. The zero-order chi connectivity index (χ0) is 13.9. The predicted molar refractivity (Wildman–Crippen MR) is 86.5 cm³/mol. The third-order valence-corrected chi connectivity index (χ3v) is 4.81. The van der Waals surface area contributed by atoms with Crippen molar-refractivity contribution in [3.8, 4) is 0 Å². The van der Waals surface area contributed by atoms with E-state index in [1.54, 1.807) is 0 Å². The molecule has 1 heterocycles. The maximum absolute atomic E-state index is 6.07. The van der Waals surface area contributed by atoms with Crippen molar-refractivity contribution in [1.82, 2.24) is 4.98 Å². The SMILES string of the molecule is Cc1cc(NCC2CCCC2CCl)c2ccccc2n1. The molecule has 20 heavy (non-hydrogen) atoms. The van der Waals surface area contributed by atoms with Gasteiger partial charge in [-0.25, -0.2) is 0 Å². The Hall–Kier alpha value is -1.28. The Bertz CT molecular complexity index is 597. The van der Waals surface area contributed by atoms with Crippen LogP contribution in [0.3, 0.4) is 0 Å². The van der Waals surface area contributed by atoms with Crippen LogP contribution in [-0.2, 0) is 0 Å². The Morgan fingerprint density at radius 2 is 2.05 bits per heavy atom. The van der Waals surface area contributed by atoms with Crippen molar-refractivity contribution in [2.75, 3.05) is 17.7 Å². The third kappa shape index (κ3) is 2.76. The van der Waals surface area contributed by atoms with Gasteiger partial charge in [0.25, 0.3) is 0 Å². The Labute approximate surface area is 125 Å². The van der Waals surface area contributed by atoms with Gasteiger partial charge in [0.05, 0.1) is 5.52 Å². The molecule has 1 saturated carbocycles. The largest absolute Gasteiger partial charge is 0.384 e. The summed E-state index contributed by atoms with van der Waals surface area (Å²) in [6.45, 7) is 3.07. The van der Waals surface area contributed by atoms with Crippen molar-refractivity contribution >= 4 is 28.2 Å². The number of hydrogen-bond acceptors (Lipinski definition) is 2. The number of nitrogens with zero attached hydrogens (tertiary/aromatic N) is 1. The fraction of sp³-hybridized carbons (Fsp3) is 0.471. The van der Waals surface area contributed by atoms with Gasteiger partial charge in [-0.15, -0.1) is 11.6 Å². The number of rotatable bonds is 4. The second-order valence-corrected chi connectivity index (χ2v) is 6.12. The molecule has 1 fully saturated rings. The lowest BCUT2D eigenvalue weighted by Gasteiger charge is -2.19. The summed E-state index contributed by atoms with van der Waals surface area (Å²) >= 11 is 6.07. The smallest absolute Gasteiger partial charge is 0.0725 e. The first-order valence-electron chi connectivity index (χ1n) is 7.44. The molecule has 0 saturated heterocycles. The van der Waals surface area contributed by atoms with E-state index in [0.29, 0.717) is 11.8 Å². The zero-order valence-electron chi connectivity index (χ0n) is 11.9. The van der Waals surface area contributed by atoms with Gasteiger partial charge in [-0.3, -0.25) is 4.98 Å². The molecule has 1 aliphatic carbocycles. The summed E-state index contributed by atoms with van der Waals surface area (Å²) in [5.74, 6) is 2.18. The van der Waals surface area contributed by atoms with Crippen LogP contribution in [0.2, 0.25) is 0 Å². The van der Waals surface area contributed by atoms with Crippen LogP contribution in [0, 0.1) is 18.8 Å². The molecule has 0 bridgehead atoms. The molecular weight excluding hydrogens is 268 g/mol. The van der Waals surface area contributed by atoms with Crippen LogP contribution in [0.15, 0.2) is 30.3 Å². The summed E-state index contributed by atoms with van der Waals surface area (Å²) in [6.07, 6.45) is 3.90. The maximum Gasteiger partial charge on any atom is 0.0725 e. The average Bonchev–Trinajstić information content (AvgIpc) is 2.92. The normalized spacial score (nSPS) is 22.3. The van der Waals surface area contributed by atoms with Gasteiger partial charge in [0.2, 0.25) is 0 Å². The number of pyridine rings is 1. The number of fused-ring (bicyclic) bond motifs is 1. The summed E-state index contributed by atoms with van der Waals surface area (Å²) in [7, 11) is 0. The van der Waals surface area contributed by atoms with Crippen molar-refractivity contribution in [1.29, 1.82) is 0 Å². The standard InChI is InChI=1S/C17H21ClN2/c1-12-9-17(15-7-2-3-8-16(15)20-12)19-11-14-6-4-5-13(14)10-18/h2-3,7-9,13-14H,4-6,10-11H2,1H3,(H,19,20). The quantitative estimate of drug-likeness (QED) is 0.831. The van der Waals surface area contributed by atoms with Gasteiger partial charge in [0.1, 0.15) is 0 Å². The van der Waals surface area contributed by atoms with E-state index in [1.165, 1.54) is 30.3 Å². The van der Waals surface area contributed by atoms with Crippen molar-refractivity contribution in [2.24, 2.45) is 11.8 Å². The highest BCUT2D eigenvalue weighted by Crippen LogP contribution is 2.33. The molecule has 1 N–H and O–H groups in total. The minimum Gasteiger partial charge on any atom is -0.384 e. The number of benzene rings is 1. The minimum absolute atomic E-state index is 0.679. The van der Waals surface area contributed by atoms with Gasteiger partial charge < -0.3 is 5.32 Å².